The van der Waals surface area contributed by atoms with Crippen molar-refractivity contribution in [3.8, 4) is 5.88 Å². The molecule has 0 radical (unpaired) electrons. The first kappa shape index (κ1) is 16.8. The molecule has 0 unspecified atom stereocenters. The average molecular weight is 353 g/mol. The van der Waals surface area contributed by atoms with Gasteiger partial charge in [0.2, 0.25) is 27.7 Å². The summed E-state index contributed by atoms with van der Waals surface area (Å²) in [4.78, 5) is 28.5. The molecule has 1 aromatic heterocycles. The Morgan fingerprint density at radius 2 is 1.88 bits per heavy atom. The van der Waals surface area contributed by atoms with Gasteiger partial charge in [-0.1, -0.05) is 6.07 Å². The van der Waals surface area contributed by atoms with Gasteiger partial charge in [-0.15, -0.1) is 0 Å². The van der Waals surface area contributed by atoms with Crippen LogP contribution in [0.5, 0.6) is 5.88 Å². The Balaban J connectivity index is 1.48. The van der Waals surface area contributed by atoms with Crippen molar-refractivity contribution >= 4 is 21.8 Å². The number of aromatic nitrogens is 1. The average Bonchev–Trinajstić information content (AvgIpc) is 2.51. The lowest BCUT2D eigenvalue weighted by molar-refractivity contribution is -0.147. The highest BCUT2D eigenvalue weighted by Gasteiger charge is 2.38. The molecule has 2 aliphatic heterocycles. The van der Waals surface area contributed by atoms with Crippen molar-refractivity contribution in [3.05, 3.63) is 24.4 Å². The first-order valence-corrected chi connectivity index (χ1v) is 9.45. The fourth-order valence-corrected chi connectivity index (χ4v) is 4.13. The van der Waals surface area contributed by atoms with E-state index in [4.69, 9.17) is 4.74 Å². The number of amides is 2. The standard InChI is InChI=1S/C15H19N3O5S/c19-14-5-3-6-15(20)18(14)8-9-24(21,22)17-10-12(11-17)23-13-4-1-2-7-16-13/h1-2,4,7,12H,3,5-6,8-11H2. The van der Waals surface area contributed by atoms with Crippen LogP contribution in [0, 0.1) is 0 Å². The molecule has 0 N–H and O–H groups in total. The fraction of sp³-hybridized carbons (Fsp3) is 0.533. The van der Waals surface area contributed by atoms with Gasteiger partial charge in [-0.3, -0.25) is 14.5 Å². The summed E-state index contributed by atoms with van der Waals surface area (Å²) in [5.74, 6) is -0.368. The van der Waals surface area contributed by atoms with Crippen LogP contribution in [-0.4, -0.2) is 65.9 Å². The Hall–Kier alpha value is -2.00. The Morgan fingerprint density at radius 3 is 2.50 bits per heavy atom. The van der Waals surface area contributed by atoms with Crippen LogP contribution in [0.4, 0.5) is 0 Å². The van der Waals surface area contributed by atoms with Crippen molar-refractivity contribution < 1.29 is 22.7 Å². The highest BCUT2D eigenvalue weighted by molar-refractivity contribution is 7.89. The number of carbonyl (C=O) groups is 2. The van der Waals surface area contributed by atoms with E-state index in [0.29, 0.717) is 25.1 Å². The van der Waals surface area contributed by atoms with E-state index in [1.807, 2.05) is 0 Å². The van der Waals surface area contributed by atoms with E-state index in [-0.39, 0.29) is 43.3 Å². The lowest BCUT2D eigenvalue weighted by atomic mass is 10.1. The number of sulfonamides is 1. The van der Waals surface area contributed by atoms with E-state index in [2.05, 4.69) is 4.98 Å². The molecule has 2 aliphatic rings. The predicted molar refractivity (Wildman–Crippen MR) is 84.6 cm³/mol. The second kappa shape index (κ2) is 6.86. The van der Waals surface area contributed by atoms with Gasteiger partial charge in [-0.25, -0.2) is 13.4 Å². The smallest absolute Gasteiger partial charge is 0.229 e. The van der Waals surface area contributed by atoms with Gasteiger partial charge in [0.1, 0.15) is 6.10 Å². The number of piperidine rings is 1. The summed E-state index contributed by atoms with van der Waals surface area (Å²) in [5, 5.41) is 0. The quantitative estimate of drug-likeness (QED) is 0.669. The van der Waals surface area contributed by atoms with Crippen molar-refractivity contribution in [1.82, 2.24) is 14.2 Å². The van der Waals surface area contributed by atoms with Crippen molar-refractivity contribution in [2.75, 3.05) is 25.4 Å². The SMILES string of the molecule is O=C1CCCC(=O)N1CCS(=O)(=O)N1CC(Oc2ccccn2)C1. The van der Waals surface area contributed by atoms with E-state index in [1.54, 1.807) is 24.4 Å². The molecule has 2 saturated heterocycles. The molecular weight excluding hydrogens is 334 g/mol. The summed E-state index contributed by atoms with van der Waals surface area (Å²) in [6.45, 7) is 0.421. The zero-order chi connectivity index (χ0) is 17.2. The van der Waals surface area contributed by atoms with Crippen LogP contribution < -0.4 is 4.74 Å². The first-order chi connectivity index (χ1) is 11.5. The molecule has 2 fully saturated rings. The summed E-state index contributed by atoms with van der Waals surface area (Å²) >= 11 is 0. The summed E-state index contributed by atoms with van der Waals surface area (Å²) < 4.78 is 31.4. The number of hydrogen-bond acceptors (Lipinski definition) is 6. The minimum Gasteiger partial charge on any atom is -0.472 e. The van der Waals surface area contributed by atoms with Gasteiger partial charge in [-0.2, -0.15) is 4.31 Å². The van der Waals surface area contributed by atoms with Crippen molar-refractivity contribution in [2.24, 2.45) is 0 Å². The van der Waals surface area contributed by atoms with Gasteiger partial charge in [0.25, 0.3) is 0 Å². The van der Waals surface area contributed by atoms with E-state index < -0.39 is 10.0 Å². The number of carbonyl (C=O) groups excluding carboxylic acids is 2. The van der Waals surface area contributed by atoms with Gasteiger partial charge in [0.05, 0.1) is 18.8 Å². The van der Waals surface area contributed by atoms with Crippen LogP contribution in [-0.2, 0) is 19.6 Å². The van der Waals surface area contributed by atoms with E-state index >= 15 is 0 Å². The van der Waals surface area contributed by atoms with Crippen LogP contribution >= 0.6 is 0 Å². The molecule has 0 bridgehead atoms. The molecule has 0 aromatic carbocycles. The number of imide groups is 1. The van der Waals surface area contributed by atoms with Crippen molar-refractivity contribution in [2.45, 2.75) is 25.4 Å². The van der Waals surface area contributed by atoms with Crippen LogP contribution in [0.3, 0.4) is 0 Å². The minimum absolute atomic E-state index is 0.0811. The molecule has 0 aliphatic carbocycles. The fourth-order valence-electron chi connectivity index (χ4n) is 2.67. The van der Waals surface area contributed by atoms with Crippen LogP contribution in [0.1, 0.15) is 19.3 Å². The second-order valence-corrected chi connectivity index (χ2v) is 7.92. The van der Waals surface area contributed by atoms with Crippen molar-refractivity contribution in [1.29, 1.82) is 0 Å². The molecule has 3 rings (SSSR count). The highest BCUT2D eigenvalue weighted by Crippen LogP contribution is 2.20. The first-order valence-electron chi connectivity index (χ1n) is 7.84. The summed E-state index contributed by atoms with van der Waals surface area (Å²) in [5.41, 5.74) is 0. The number of pyridine rings is 1. The number of likely N-dealkylation sites (tertiary alicyclic amines) is 1. The van der Waals surface area contributed by atoms with Gasteiger partial charge in [0, 0.05) is 31.6 Å². The third kappa shape index (κ3) is 3.73. The van der Waals surface area contributed by atoms with Crippen molar-refractivity contribution in [3.63, 3.8) is 0 Å². The van der Waals surface area contributed by atoms with Crippen LogP contribution in [0.2, 0.25) is 0 Å². The Labute approximate surface area is 140 Å². The minimum atomic E-state index is -3.51. The maximum absolute atomic E-state index is 12.3. The molecule has 2 amide bonds. The van der Waals surface area contributed by atoms with E-state index in [1.165, 1.54) is 4.31 Å². The maximum Gasteiger partial charge on any atom is 0.229 e. The summed E-state index contributed by atoms with van der Waals surface area (Å²) in [6.07, 6.45) is 2.52. The molecule has 9 heteroatoms. The number of hydrogen-bond donors (Lipinski definition) is 0. The Kier molecular flexibility index (Phi) is 4.81. The number of ether oxygens (including phenoxy) is 1. The molecule has 3 heterocycles. The summed E-state index contributed by atoms with van der Waals surface area (Å²) in [6, 6.07) is 5.28. The van der Waals surface area contributed by atoms with Gasteiger partial charge >= 0.3 is 0 Å². The zero-order valence-electron chi connectivity index (χ0n) is 13.1. The third-order valence-electron chi connectivity index (χ3n) is 4.09. The maximum atomic E-state index is 12.3. The largest absolute Gasteiger partial charge is 0.472 e. The molecule has 1 aromatic rings. The molecule has 8 nitrogen and oxygen atoms in total. The molecule has 0 atom stereocenters. The normalized spacial score (nSPS) is 20.1. The Morgan fingerprint density at radius 1 is 1.17 bits per heavy atom. The summed E-state index contributed by atoms with van der Waals surface area (Å²) in [7, 11) is -3.51. The zero-order valence-corrected chi connectivity index (χ0v) is 13.9. The molecular formula is C15H19N3O5S. The molecule has 0 saturated carbocycles. The third-order valence-corrected chi connectivity index (χ3v) is 5.87. The second-order valence-electron chi connectivity index (χ2n) is 5.83. The number of rotatable bonds is 6. The lowest BCUT2D eigenvalue weighted by Crippen LogP contribution is -2.57. The van der Waals surface area contributed by atoms with Gasteiger partial charge in [0.15, 0.2) is 0 Å². The topological polar surface area (TPSA) is 96.9 Å². The van der Waals surface area contributed by atoms with Crippen LogP contribution in [0.15, 0.2) is 24.4 Å². The number of nitrogens with zero attached hydrogens (tertiary/aromatic N) is 3. The van der Waals surface area contributed by atoms with Crippen LogP contribution in [0.25, 0.3) is 0 Å². The Bertz CT molecular complexity index is 700. The highest BCUT2D eigenvalue weighted by atomic mass is 32.2. The lowest BCUT2D eigenvalue weighted by Gasteiger charge is -2.37. The monoisotopic (exact) mass is 353 g/mol. The molecule has 24 heavy (non-hydrogen) atoms. The van der Waals surface area contributed by atoms with Gasteiger partial charge in [-0.05, 0) is 12.5 Å². The van der Waals surface area contributed by atoms with Gasteiger partial charge < -0.3 is 4.74 Å². The molecule has 130 valence electrons. The molecule has 0 spiro atoms. The van der Waals surface area contributed by atoms with E-state index in [9.17, 15) is 18.0 Å². The predicted octanol–water partition coefficient (Wildman–Crippen LogP) is 0.0135. The van der Waals surface area contributed by atoms with E-state index in [0.717, 1.165) is 4.90 Å².